The molecule has 116 valence electrons. The molecule has 1 fully saturated rings. The van der Waals surface area contributed by atoms with Crippen molar-refractivity contribution in [3.05, 3.63) is 35.4 Å². The molecule has 1 unspecified atom stereocenters. The van der Waals surface area contributed by atoms with Crippen LogP contribution in [0.15, 0.2) is 24.3 Å². The third-order valence-electron chi connectivity index (χ3n) is 5.75. The molecule has 0 amide bonds. The fourth-order valence-corrected chi connectivity index (χ4v) is 4.77. The summed E-state index contributed by atoms with van der Waals surface area (Å²) in [6.07, 6.45) is 9.82. The van der Waals surface area contributed by atoms with Crippen molar-refractivity contribution in [1.82, 2.24) is 5.32 Å². The second kappa shape index (κ2) is 6.52. The van der Waals surface area contributed by atoms with Gasteiger partial charge < -0.3 is 5.32 Å². The van der Waals surface area contributed by atoms with Crippen LogP contribution < -0.4 is 5.32 Å². The minimum atomic E-state index is 0.417. The van der Waals surface area contributed by atoms with E-state index in [0.717, 1.165) is 18.4 Å². The first-order valence-electron chi connectivity index (χ1n) is 9.01. The predicted molar refractivity (Wildman–Crippen MR) is 90.7 cm³/mol. The molecule has 0 spiro atoms. The summed E-state index contributed by atoms with van der Waals surface area (Å²) in [5.74, 6) is 1.64. The first-order valence-corrected chi connectivity index (χ1v) is 9.01. The Morgan fingerprint density at radius 1 is 1.14 bits per heavy atom. The molecule has 1 aromatic rings. The minimum Gasteiger partial charge on any atom is -0.316 e. The Balaban J connectivity index is 1.89. The van der Waals surface area contributed by atoms with Crippen molar-refractivity contribution >= 4 is 0 Å². The van der Waals surface area contributed by atoms with Crippen molar-refractivity contribution in [3.63, 3.8) is 0 Å². The number of nitrogens with one attached hydrogen (secondary N) is 1. The number of rotatable bonds is 5. The second-order valence-electron chi connectivity index (χ2n) is 7.67. The van der Waals surface area contributed by atoms with E-state index in [-0.39, 0.29) is 0 Å². The molecule has 1 aromatic carbocycles. The van der Waals surface area contributed by atoms with E-state index in [4.69, 9.17) is 0 Å². The topological polar surface area (TPSA) is 12.0 Å². The van der Waals surface area contributed by atoms with Crippen LogP contribution in [0.4, 0.5) is 0 Å². The van der Waals surface area contributed by atoms with Crippen LogP contribution in [0.3, 0.4) is 0 Å². The zero-order valence-corrected chi connectivity index (χ0v) is 13.8. The van der Waals surface area contributed by atoms with Crippen molar-refractivity contribution in [3.8, 4) is 0 Å². The van der Waals surface area contributed by atoms with Gasteiger partial charge in [-0.1, -0.05) is 51.0 Å². The molecule has 1 heteroatoms. The van der Waals surface area contributed by atoms with Crippen LogP contribution >= 0.6 is 0 Å². The molecule has 2 aliphatic rings. The molecule has 1 atom stereocenters. The lowest BCUT2D eigenvalue weighted by Gasteiger charge is -2.44. The van der Waals surface area contributed by atoms with Gasteiger partial charge in [0.1, 0.15) is 0 Å². The molecule has 0 saturated heterocycles. The Morgan fingerprint density at radius 3 is 2.67 bits per heavy atom. The molecular weight excluding hydrogens is 254 g/mol. The highest BCUT2D eigenvalue weighted by Gasteiger charge is 2.43. The monoisotopic (exact) mass is 285 g/mol. The standard InChI is InChI=1S/C20H31N/c1-16(2)14-21-15-20(18-10-4-5-11-18)13-7-9-17-8-3-6-12-19(17)20/h3,6,8,12,16,18,21H,4-5,7,9-11,13-15H2,1-2H3. The van der Waals surface area contributed by atoms with Gasteiger partial charge in [0.2, 0.25) is 0 Å². The highest BCUT2D eigenvalue weighted by molar-refractivity contribution is 5.38. The zero-order valence-electron chi connectivity index (χ0n) is 13.8. The van der Waals surface area contributed by atoms with Gasteiger partial charge in [-0.15, -0.1) is 0 Å². The average Bonchev–Trinajstić information content (AvgIpc) is 3.02. The largest absolute Gasteiger partial charge is 0.316 e. The van der Waals surface area contributed by atoms with Crippen molar-refractivity contribution in [1.29, 1.82) is 0 Å². The second-order valence-corrected chi connectivity index (χ2v) is 7.67. The molecule has 0 bridgehead atoms. The van der Waals surface area contributed by atoms with E-state index >= 15 is 0 Å². The Morgan fingerprint density at radius 2 is 1.90 bits per heavy atom. The molecular formula is C20H31N. The molecule has 1 N–H and O–H groups in total. The summed E-state index contributed by atoms with van der Waals surface area (Å²) in [6, 6.07) is 9.30. The lowest BCUT2D eigenvalue weighted by Crippen LogP contribution is -2.46. The molecule has 0 aromatic heterocycles. The van der Waals surface area contributed by atoms with Gasteiger partial charge in [-0.25, -0.2) is 0 Å². The van der Waals surface area contributed by atoms with E-state index in [1.807, 2.05) is 0 Å². The van der Waals surface area contributed by atoms with Crippen LogP contribution in [-0.2, 0) is 11.8 Å². The highest BCUT2D eigenvalue weighted by Crippen LogP contribution is 2.48. The lowest BCUT2D eigenvalue weighted by molar-refractivity contribution is 0.221. The van der Waals surface area contributed by atoms with E-state index in [1.165, 1.54) is 51.5 Å². The first-order chi connectivity index (χ1) is 10.2. The Bertz CT molecular complexity index is 459. The van der Waals surface area contributed by atoms with E-state index in [0.29, 0.717) is 5.41 Å². The molecule has 0 aliphatic heterocycles. The van der Waals surface area contributed by atoms with Gasteiger partial charge in [-0.2, -0.15) is 0 Å². The first kappa shape index (κ1) is 15.1. The third-order valence-corrected chi connectivity index (χ3v) is 5.75. The SMILES string of the molecule is CC(C)CNCC1(C2CCCC2)CCCc2ccccc21. The molecule has 1 saturated carbocycles. The maximum absolute atomic E-state index is 3.81. The van der Waals surface area contributed by atoms with Gasteiger partial charge in [-0.3, -0.25) is 0 Å². The fraction of sp³-hybridized carbons (Fsp3) is 0.700. The summed E-state index contributed by atoms with van der Waals surface area (Å²) in [7, 11) is 0. The Kier molecular flexibility index (Phi) is 4.69. The normalized spacial score (nSPS) is 26.2. The van der Waals surface area contributed by atoms with Crippen LogP contribution in [0.5, 0.6) is 0 Å². The van der Waals surface area contributed by atoms with Crippen molar-refractivity contribution in [2.45, 2.75) is 64.2 Å². The van der Waals surface area contributed by atoms with Gasteiger partial charge >= 0.3 is 0 Å². The van der Waals surface area contributed by atoms with Crippen molar-refractivity contribution in [2.75, 3.05) is 13.1 Å². The maximum atomic E-state index is 3.81. The van der Waals surface area contributed by atoms with E-state index in [2.05, 4.69) is 43.4 Å². The third kappa shape index (κ3) is 3.04. The molecule has 0 radical (unpaired) electrons. The van der Waals surface area contributed by atoms with Gasteiger partial charge in [0, 0.05) is 12.0 Å². The number of aryl methyl sites for hydroxylation is 1. The van der Waals surface area contributed by atoms with Gasteiger partial charge in [0.15, 0.2) is 0 Å². The van der Waals surface area contributed by atoms with Gasteiger partial charge in [0.25, 0.3) is 0 Å². The summed E-state index contributed by atoms with van der Waals surface area (Å²) in [4.78, 5) is 0. The zero-order chi connectivity index (χ0) is 14.7. The summed E-state index contributed by atoms with van der Waals surface area (Å²) >= 11 is 0. The van der Waals surface area contributed by atoms with Crippen LogP contribution in [0.1, 0.15) is 63.5 Å². The van der Waals surface area contributed by atoms with Crippen molar-refractivity contribution < 1.29 is 0 Å². The Hall–Kier alpha value is -0.820. The number of hydrogen-bond acceptors (Lipinski definition) is 1. The fourth-order valence-electron chi connectivity index (χ4n) is 4.77. The number of fused-ring (bicyclic) bond motifs is 1. The summed E-state index contributed by atoms with van der Waals surface area (Å²) in [6.45, 7) is 6.96. The van der Waals surface area contributed by atoms with E-state index in [9.17, 15) is 0 Å². The van der Waals surface area contributed by atoms with Crippen LogP contribution in [0, 0.1) is 11.8 Å². The average molecular weight is 285 g/mol. The van der Waals surface area contributed by atoms with E-state index < -0.39 is 0 Å². The summed E-state index contributed by atoms with van der Waals surface area (Å²) in [5.41, 5.74) is 3.72. The van der Waals surface area contributed by atoms with Crippen molar-refractivity contribution in [2.24, 2.45) is 11.8 Å². The summed E-state index contributed by atoms with van der Waals surface area (Å²) < 4.78 is 0. The van der Waals surface area contributed by atoms with Crippen LogP contribution in [0.2, 0.25) is 0 Å². The van der Waals surface area contributed by atoms with Crippen LogP contribution in [0.25, 0.3) is 0 Å². The highest BCUT2D eigenvalue weighted by atomic mass is 14.9. The Labute approximate surface area is 130 Å². The quantitative estimate of drug-likeness (QED) is 0.827. The molecule has 1 nitrogen and oxygen atoms in total. The smallest absolute Gasteiger partial charge is 0.0109 e. The van der Waals surface area contributed by atoms with Gasteiger partial charge in [-0.05, 0) is 61.6 Å². The summed E-state index contributed by atoms with van der Waals surface area (Å²) in [5, 5.41) is 3.81. The van der Waals surface area contributed by atoms with E-state index in [1.54, 1.807) is 11.1 Å². The molecule has 2 aliphatic carbocycles. The lowest BCUT2D eigenvalue weighted by atomic mass is 9.62. The number of benzene rings is 1. The predicted octanol–water partition coefficient (Wildman–Crippen LogP) is 4.70. The minimum absolute atomic E-state index is 0.417. The molecule has 21 heavy (non-hydrogen) atoms. The number of hydrogen-bond donors (Lipinski definition) is 1. The van der Waals surface area contributed by atoms with Crippen LogP contribution in [-0.4, -0.2) is 13.1 Å². The van der Waals surface area contributed by atoms with Gasteiger partial charge in [0.05, 0.1) is 0 Å². The molecule has 0 heterocycles. The maximum Gasteiger partial charge on any atom is 0.0109 e. The molecule has 3 rings (SSSR count).